The number of hydrogen-bond acceptors (Lipinski definition) is 3. The smallest absolute Gasteiger partial charge is 0.326 e. The molecule has 104 valence electrons. The van der Waals surface area contributed by atoms with E-state index in [0.717, 1.165) is 12.8 Å². The molecule has 5 nitrogen and oxygen atoms in total. The lowest BCUT2D eigenvalue weighted by molar-refractivity contribution is -0.150. The normalized spacial score (nSPS) is 16.7. The van der Waals surface area contributed by atoms with Gasteiger partial charge in [-0.3, -0.25) is 4.79 Å². The predicted octanol–water partition coefficient (Wildman–Crippen LogP) is 1.66. The first-order valence-corrected chi connectivity index (χ1v) is 6.59. The minimum Gasteiger partial charge on any atom is -0.480 e. The van der Waals surface area contributed by atoms with E-state index < -0.39 is 12.0 Å². The number of carboxylic acid groups (broad SMARTS) is 1. The van der Waals surface area contributed by atoms with E-state index in [2.05, 4.69) is 0 Å². The summed E-state index contributed by atoms with van der Waals surface area (Å²) in [6, 6.07) is -0.592. The van der Waals surface area contributed by atoms with Crippen LogP contribution in [0, 0.1) is 0 Å². The molecule has 0 aromatic carbocycles. The summed E-state index contributed by atoms with van der Waals surface area (Å²) < 4.78 is 5.37. The fraction of sp³-hybridized carbons (Fsp3) is 0.846. The number of aliphatic carboxylic acids is 1. The van der Waals surface area contributed by atoms with Gasteiger partial charge in [-0.1, -0.05) is 0 Å². The van der Waals surface area contributed by atoms with Gasteiger partial charge in [0.05, 0.1) is 6.10 Å². The summed E-state index contributed by atoms with van der Waals surface area (Å²) in [5.74, 6) is -1.01. The van der Waals surface area contributed by atoms with E-state index in [1.165, 1.54) is 4.90 Å². The van der Waals surface area contributed by atoms with Gasteiger partial charge in [0.2, 0.25) is 5.91 Å². The highest BCUT2D eigenvalue weighted by atomic mass is 16.5. The third-order valence-electron chi connectivity index (χ3n) is 2.99. The molecule has 0 spiro atoms. The fourth-order valence-corrected chi connectivity index (χ4v) is 1.88. The zero-order chi connectivity index (χ0) is 13.7. The third-order valence-corrected chi connectivity index (χ3v) is 2.99. The van der Waals surface area contributed by atoms with Crippen LogP contribution < -0.4 is 0 Å². The largest absolute Gasteiger partial charge is 0.480 e. The molecule has 0 aliphatic heterocycles. The molecule has 0 heterocycles. The molecule has 1 fully saturated rings. The molecule has 0 aromatic heterocycles. The summed E-state index contributed by atoms with van der Waals surface area (Å²) in [6.07, 6.45) is 3.02. The molecule has 1 unspecified atom stereocenters. The van der Waals surface area contributed by atoms with Crippen molar-refractivity contribution in [1.82, 2.24) is 4.90 Å². The molecule has 0 bridgehead atoms. The molecule has 1 atom stereocenters. The van der Waals surface area contributed by atoms with Gasteiger partial charge in [0.25, 0.3) is 0 Å². The molecule has 1 N–H and O–H groups in total. The number of carbonyl (C=O) groups is 2. The molecular weight excluding hydrogens is 234 g/mol. The SMILES string of the molecule is CC(C)OCCCC(=O)N(C1CC1)C(C)C(=O)O. The number of amides is 1. The van der Waals surface area contributed by atoms with Crippen LogP contribution in [0.4, 0.5) is 0 Å². The van der Waals surface area contributed by atoms with E-state index in [-0.39, 0.29) is 18.1 Å². The Labute approximate surface area is 108 Å². The van der Waals surface area contributed by atoms with Crippen LogP contribution in [0.5, 0.6) is 0 Å². The molecule has 1 rings (SSSR count). The molecule has 5 heteroatoms. The van der Waals surface area contributed by atoms with Crippen LogP contribution in [0.3, 0.4) is 0 Å². The van der Waals surface area contributed by atoms with Crippen LogP contribution >= 0.6 is 0 Å². The summed E-state index contributed by atoms with van der Waals surface area (Å²) in [5, 5.41) is 9.00. The Kier molecular flexibility index (Phi) is 5.59. The Bertz CT molecular complexity index is 299. The molecule has 1 aliphatic rings. The Morgan fingerprint density at radius 1 is 1.33 bits per heavy atom. The van der Waals surface area contributed by atoms with Crippen LogP contribution in [0.15, 0.2) is 0 Å². The number of hydrogen-bond donors (Lipinski definition) is 1. The van der Waals surface area contributed by atoms with E-state index in [1.54, 1.807) is 6.92 Å². The van der Waals surface area contributed by atoms with Crippen molar-refractivity contribution >= 4 is 11.9 Å². The Balaban J connectivity index is 2.38. The molecule has 18 heavy (non-hydrogen) atoms. The van der Waals surface area contributed by atoms with Gasteiger partial charge in [0, 0.05) is 19.1 Å². The van der Waals surface area contributed by atoms with Gasteiger partial charge in [-0.2, -0.15) is 0 Å². The topological polar surface area (TPSA) is 66.8 Å². The van der Waals surface area contributed by atoms with E-state index >= 15 is 0 Å². The van der Waals surface area contributed by atoms with E-state index in [0.29, 0.717) is 19.4 Å². The molecule has 1 aliphatic carbocycles. The summed E-state index contributed by atoms with van der Waals surface area (Å²) in [6.45, 7) is 6.02. The van der Waals surface area contributed by atoms with E-state index in [9.17, 15) is 9.59 Å². The van der Waals surface area contributed by atoms with Crippen molar-refractivity contribution in [2.75, 3.05) is 6.61 Å². The summed E-state index contributed by atoms with van der Waals surface area (Å²) in [4.78, 5) is 24.5. The summed E-state index contributed by atoms with van der Waals surface area (Å²) >= 11 is 0. The Morgan fingerprint density at radius 3 is 2.39 bits per heavy atom. The first-order chi connectivity index (χ1) is 8.43. The van der Waals surface area contributed by atoms with Gasteiger partial charge in [-0.25, -0.2) is 4.79 Å². The number of nitrogens with zero attached hydrogens (tertiary/aromatic N) is 1. The Hall–Kier alpha value is -1.10. The first-order valence-electron chi connectivity index (χ1n) is 6.59. The molecular formula is C13H23NO4. The second-order valence-corrected chi connectivity index (χ2v) is 5.07. The average Bonchev–Trinajstić information content (AvgIpc) is 3.08. The second-order valence-electron chi connectivity index (χ2n) is 5.07. The van der Waals surface area contributed by atoms with E-state index in [1.807, 2.05) is 13.8 Å². The number of carboxylic acids is 1. The van der Waals surface area contributed by atoms with Crippen molar-refractivity contribution < 1.29 is 19.4 Å². The fourth-order valence-electron chi connectivity index (χ4n) is 1.88. The van der Waals surface area contributed by atoms with Gasteiger partial charge < -0.3 is 14.7 Å². The van der Waals surface area contributed by atoms with Crippen molar-refractivity contribution in [1.29, 1.82) is 0 Å². The number of carbonyl (C=O) groups excluding carboxylic acids is 1. The first kappa shape index (κ1) is 15.0. The van der Waals surface area contributed by atoms with Crippen molar-refractivity contribution in [3.05, 3.63) is 0 Å². The lowest BCUT2D eigenvalue weighted by Gasteiger charge is -2.26. The van der Waals surface area contributed by atoms with Crippen LogP contribution in [0.1, 0.15) is 46.5 Å². The van der Waals surface area contributed by atoms with Gasteiger partial charge >= 0.3 is 5.97 Å². The number of rotatable bonds is 8. The van der Waals surface area contributed by atoms with Crippen molar-refractivity contribution in [3.63, 3.8) is 0 Å². The molecule has 0 saturated heterocycles. The molecule has 1 saturated carbocycles. The maximum absolute atomic E-state index is 12.0. The summed E-state index contributed by atoms with van der Waals surface area (Å²) in [7, 11) is 0. The van der Waals surface area contributed by atoms with Crippen LogP contribution in [0.25, 0.3) is 0 Å². The standard InChI is InChI=1S/C13H23NO4/c1-9(2)18-8-4-5-12(15)14(11-6-7-11)10(3)13(16)17/h9-11H,4-8H2,1-3H3,(H,16,17). The van der Waals surface area contributed by atoms with Gasteiger partial charge in [-0.05, 0) is 40.0 Å². The maximum Gasteiger partial charge on any atom is 0.326 e. The third kappa shape index (κ3) is 4.64. The van der Waals surface area contributed by atoms with Crippen LogP contribution in [-0.2, 0) is 14.3 Å². The second kappa shape index (κ2) is 6.73. The van der Waals surface area contributed by atoms with Crippen LogP contribution in [0.2, 0.25) is 0 Å². The number of ether oxygens (including phenoxy) is 1. The van der Waals surface area contributed by atoms with Gasteiger partial charge in [-0.15, -0.1) is 0 Å². The highest BCUT2D eigenvalue weighted by Crippen LogP contribution is 2.29. The Morgan fingerprint density at radius 2 is 1.94 bits per heavy atom. The average molecular weight is 257 g/mol. The monoisotopic (exact) mass is 257 g/mol. The molecule has 1 amide bonds. The van der Waals surface area contributed by atoms with Gasteiger partial charge in [0.15, 0.2) is 0 Å². The van der Waals surface area contributed by atoms with Gasteiger partial charge in [0.1, 0.15) is 6.04 Å². The van der Waals surface area contributed by atoms with Crippen LogP contribution in [-0.4, -0.2) is 46.7 Å². The zero-order valence-electron chi connectivity index (χ0n) is 11.4. The maximum atomic E-state index is 12.0. The minimum atomic E-state index is -0.936. The molecule has 0 radical (unpaired) electrons. The minimum absolute atomic E-state index is 0.0697. The lowest BCUT2D eigenvalue weighted by atomic mass is 10.2. The van der Waals surface area contributed by atoms with Crippen molar-refractivity contribution in [2.45, 2.75) is 64.6 Å². The summed E-state index contributed by atoms with van der Waals surface area (Å²) in [5.41, 5.74) is 0. The molecule has 0 aromatic rings. The highest BCUT2D eigenvalue weighted by Gasteiger charge is 2.37. The highest BCUT2D eigenvalue weighted by molar-refractivity contribution is 5.83. The lowest BCUT2D eigenvalue weighted by Crippen LogP contribution is -2.44. The zero-order valence-corrected chi connectivity index (χ0v) is 11.4. The van der Waals surface area contributed by atoms with Crippen molar-refractivity contribution in [2.24, 2.45) is 0 Å². The quantitative estimate of drug-likeness (QED) is 0.671. The predicted molar refractivity (Wildman–Crippen MR) is 67.3 cm³/mol. The van der Waals surface area contributed by atoms with Crippen molar-refractivity contribution in [3.8, 4) is 0 Å². The van der Waals surface area contributed by atoms with E-state index in [4.69, 9.17) is 9.84 Å².